The largest absolute Gasteiger partial charge is 0.497 e. The minimum atomic E-state index is -0.126. The first-order chi connectivity index (χ1) is 12.5. The number of carbonyl (C=O) groups excluding carboxylic acids is 1. The van der Waals surface area contributed by atoms with Crippen molar-refractivity contribution < 1.29 is 19.4 Å². The maximum absolute atomic E-state index is 12.2. The Morgan fingerprint density at radius 3 is 2.81 bits per heavy atom. The lowest BCUT2D eigenvalue weighted by atomic mass is 9.69. The van der Waals surface area contributed by atoms with Gasteiger partial charge in [-0.15, -0.1) is 0 Å². The number of rotatable bonds is 4. The molecule has 2 aliphatic rings. The SMILES string of the molecule is COCC(=O)N1CC2(CN[C@H](CO)c3c2c2ccc(OC)cc2n3C)C1. The first kappa shape index (κ1) is 17.3. The van der Waals surface area contributed by atoms with Crippen LogP contribution in [0.25, 0.3) is 10.9 Å². The van der Waals surface area contributed by atoms with Crippen molar-refractivity contribution in [3.8, 4) is 5.75 Å². The molecule has 2 aliphatic heterocycles. The molecule has 0 aliphatic carbocycles. The number of aliphatic hydroxyl groups is 1. The summed E-state index contributed by atoms with van der Waals surface area (Å²) < 4.78 is 12.5. The molecule has 0 bridgehead atoms. The van der Waals surface area contributed by atoms with Crippen molar-refractivity contribution >= 4 is 16.8 Å². The molecule has 4 rings (SSSR count). The highest BCUT2D eigenvalue weighted by Crippen LogP contribution is 2.46. The number of nitrogens with one attached hydrogen (secondary N) is 1. The van der Waals surface area contributed by atoms with Gasteiger partial charge in [0, 0.05) is 56.4 Å². The van der Waals surface area contributed by atoms with Gasteiger partial charge in [0.15, 0.2) is 0 Å². The maximum atomic E-state index is 12.2. The summed E-state index contributed by atoms with van der Waals surface area (Å²) in [6, 6.07) is 5.98. The van der Waals surface area contributed by atoms with E-state index in [1.165, 1.54) is 18.1 Å². The van der Waals surface area contributed by atoms with Crippen LogP contribution in [0.5, 0.6) is 5.75 Å². The van der Waals surface area contributed by atoms with E-state index in [4.69, 9.17) is 9.47 Å². The molecule has 1 aromatic carbocycles. The van der Waals surface area contributed by atoms with Crippen LogP contribution in [-0.4, -0.2) is 67.5 Å². The molecule has 1 spiro atoms. The van der Waals surface area contributed by atoms with Crippen molar-refractivity contribution in [2.75, 3.05) is 47.1 Å². The zero-order chi connectivity index (χ0) is 18.5. The highest BCUT2D eigenvalue weighted by Gasteiger charge is 2.52. The zero-order valence-electron chi connectivity index (χ0n) is 15.4. The summed E-state index contributed by atoms with van der Waals surface area (Å²) in [4.78, 5) is 14.0. The molecule has 0 saturated carbocycles. The van der Waals surface area contributed by atoms with Crippen LogP contribution < -0.4 is 10.1 Å². The smallest absolute Gasteiger partial charge is 0.248 e. The van der Waals surface area contributed by atoms with Gasteiger partial charge in [0.2, 0.25) is 5.91 Å². The standard InChI is InChI=1S/C19H25N3O4/c1-21-15-6-12(26-3)4-5-13(15)17-18(21)14(7-23)20-9-19(17)10-22(11-19)16(24)8-25-2/h4-6,14,20,23H,7-11H2,1-3H3/t14-/m1/s1. The fourth-order valence-electron chi connectivity index (χ4n) is 4.53. The van der Waals surface area contributed by atoms with E-state index in [-0.39, 0.29) is 30.6 Å². The Balaban J connectivity index is 1.81. The third kappa shape index (κ3) is 2.35. The Hall–Kier alpha value is -2.09. The van der Waals surface area contributed by atoms with Crippen molar-refractivity contribution in [3.05, 3.63) is 29.5 Å². The Morgan fingerprint density at radius 1 is 1.38 bits per heavy atom. The molecule has 2 aromatic rings. The monoisotopic (exact) mass is 359 g/mol. The molecule has 0 unspecified atom stereocenters. The van der Waals surface area contributed by atoms with E-state index in [9.17, 15) is 9.90 Å². The average molecular weight is 359 g/mol. The molecule has 7 nitrogen and oxygen atoms in total. The molecule has 3 heterocycles. The lowest BCUT2D eigenvalue weighted by molar-refractivity contribution is -0.143. The summed E-state index contributed by atoms with van der Waals surface area (Å²) in [5, 5.41) is 14.5. The topological polar surface area (TPSA) is 76.0 Å². The molecule has 7 heteroatoms. The van der Waals surface area contributed by atoms with Crippen LogP contribution in [0.15, 0.2) is 18.2 Å². The third-order valence-corrected chi connectivity index (χ3v) is 5.79. The van der Waals surface area contributed by atoms with E-state index >= 15 is 0 Å². The summed E-state index contributed by atoms with van der Waals surface area (Å²) >= 11 is 0. The highest BCUT2D eigenvalue weighted by molar-refractivity contribution is 5.89. The van der Waals surface area contributed by atoms with Crippen LogP contribution in [0, 0.1) is 0 Å². The quantitative estimate of drug-likeness (QED) is 0.834. The van der Waals surface area contributed by atoms with E-state index in [1.54, 1.807) is 7.11 Å². The van der Waals surface area contributed by atoms with Gasteiger partial charge >= 0.3 is 0 Å². The number of aryl methyl sites for hydroxylation is 1. The summed E-state index contributed by atoms with van der Waals surface area (Å²) in [5.41, 5.74) is 3.30. The molecule has 26 heavy (non-hydrogen) atoms. The minimum Gasteiger partial charge on any atom is -0.497 e. The van der Waals surface area contributed by atoms with Gasteiger partial charge in [-0.2, -0.15) is 0 Å². The van der Waals surface area contributed by atoms with Gasteiger partial charge < -0.3 is 29.4 Å². The fourth-order valence-corrected chi connectivity index (χ4v) is 4.53. The van der Waals surface area contributed by atoms with E-state index in [0.717, 1.165) is 23.5 Å². The Morgan fingerprint density at radius 2 is 2.15 bits per heavy atom. The molecule has 140 valence electrons. The number of methoxy groups -OCH3 is 2. The average Bonchev–Trinajstić information content (AvgIpc) is 2.92. The van der Waals surface area contributed by atoms with E-state index in [2.05, 4.69) is 16.0 Å². The number of hydrogen-bond donors (Lipinski definition) is 2. The number of amides is 1. The van der Waals surface area contributed by atoms with Crippen molar-refractivity contribution in [2.24, 2.45) is 7.05 Å². The molecule has 2 N–H and O–H groups in total. The summed E-state index contributed by atoms with van der Waals surface area (Å²) in [6.07, 6.45) is 0. The van der Waals surface area contributed by atoms with Crippen LogP contribution in [0.2, 0.25) is 0 Å². The first-order valence-electron chi connectivity index (χ1n) is 8.82. The Kier molecular flexibility index (Phi) is 4.17. The molecular formula is C19H25N3O4. The molecule has 1 atom stereocenters. The van der Waals surface area contributed by atoms with E-state index in [1.807, 2.05) is 24.1 Å². The predicted molar refractivity (Wildman–Crippen MR) is 97.4 cm³/mol. The van der Waals surface area contributed by atoms with Gasteiger partial charge in [0.25, 0.3) is 0 Å². The first-order valence-corrected chi connectivity index (χ1v) is 8.82. The van der Waals surface area contributed by atoms with E-state index < -0.39 is 0 Å². The fraction of sp³-hybridized carbons (Fsp3) is 0.526. The van der Waals surface area contributed by atoms with Gasteiger partial charge in [-0.1, -0.05) is 0 Å². The maximum Gasteiger partial charge on any atom is 0.248 e. The van der Waals surface area contributed by atoms with Crippen molar-refractivity contribution in [1.29, 1.82) is 0 Å². The number of carbonyl (C=O) groups is 1. The number of aromatic nitrogens is 1. The molecule has 0 radical (unpaired) electrons. The van der Waals surface area contributed by atoms with Crippen molar-refractivity contribution in [3.63, 3.8) is 0 Å². The molecule has 1 saturated heterocycles. The number of hydrogen-bond acceptors (Lipinski definition) is 5. The Labute approximate surface area is 152 Å². The van der Waals surface area contributed by atoms with Gasteiger partial charge in [0.05, 0.1) is 25.3 Å². The molecule has 1 amide bonds. The van der Waals surface area contributed by atoms with Crippen LogP contribution >= 0.6 is 0 Å². The summed E-state index contributed by atoms with van der Waals surface area (Å²) in [5.74, 6) is 0.828. The minimum absolute atomic E-state index is 0.0193. The van der Waals surface area contributed by atoms with Gasteiger partial charge in [-0.05, 0) is 17.7 Å². The number of likely N-dealkylation sites (tertiary alicyclic amines) is 1. The highest BCUT2D eigenvalue weighted by atomic mass is 16.5. The summed E-state index contributed by atoms with van der Waals surface area (Å²) in [7, 11) is 5.23. The van der Waals surface area contributed by atoms with E-state index in [0.29, 0.717) is 13.1 Å². The second-order valence-electron chi connectivity index (χ2n) is 7.28. The molecule has 1 aromatic heterocycles. The van der Waals surface area contributed by atoms with Crippen LogP contribution in [0.4, 0.5) is 0 Å². The zero-order valence-corrected chi connectivity index (χ0v) is 15.4. The number of benzene rings is 1. The number of fused-ring (bicyclic) bond motifs is 4. The predicted octanol–water partition coefficient (Wildman–Crippen LogP) is 0.550. The third-order valence-electron chi connectivity index (χ3n) is 5.79. The normalized spacial score (nSPS) is 20.9. The van der Waals surface area contributed by atoms with Crippen LogP contribution in [0.1, 0.15) is 17.3 Å². The lowest BCUT2D eigenvalue weighted by Gasteiger charge is -2.53. The molecular weight excluding hydrogens is 334 g/mol. The lowest BCUT2D eigenvalue weighted by Crippen LogP contribution is -2.67. The summed E-state index contributed by atoms with van der Waals surface area (Å²) in [6.45, 7) is 2.23. The van der Waals surface area contributed by atoms with Crippen LogP contribution in [-0.2, 0) is 22.0 Å². The number of ether oxygens (including phenoxy) is 2. The van der Waals surface area contributed by atoms with Crippen molar-refractivity contribution in [1.82, 2.24) is 14.8 Å². The number of nitrogens with zero attached hydrogens (tertiary/aromatic N) is 2. The second kappa shape index (κ2) is 6.26. The molecule has 1 fully saturated rings. The van der Waals surface area contributed by atoms with Gasteiger partial charge in [-0.3, -0.25) is 4.79 Å². The van der Waals surface area contributed by atoms with Gasteiger partial charge in [0.1, 0.15) is 12.4 Å². The Bertz CT molecular complexity index is 854. The van der Waals surface area contributed by atoms with Crippen molar-refractivity contribution in [2.45, 2.75) is 11.5 Å². The number of aliphatic hydroxyl groups excluding tert-OH is 1. The van der Waals surface area contributed by atoms with Gasteiger partial charge in [-0.25, -0.2) is 0 Å². The second-order valence-corrected chi connectivity index (χ2v) is 7.28. The van der Waals surface area contributed by atoms with Crippen LogP contribution in [0.3, 0.4) is 0 Å².